The van der Waals surface area contributed by atoms with Crippen LogP contribution in [0.5, 0.6) is 0 Å². The molecule has 1 amide bonds. The first-order valence-corrected chi connectivity index (χ1v) is 8.27. The SMILES string of the molecule is CCN(CC)C(CNC(=O)c1ccc(Br)o1)c1ccccc1. The highest BCUT2D eigenvalue weighted by molar-refractivity contribution is 9.10. The predicted molar refractivity (Wildman–Crippen MR) is 90.8 cm³/mol. The number of carbonyl (C=O) groups is 1. The van der Waals surface area contributed by atoms with Crippen molar-refractivity contribution < 1.29 is 9.21 Å². The van der Waals surface area contributed by atoms with Gasteiger partial charge in [-0.05, 0) is 46.7 Å². The minimum atomic E-state index is -0.196. The second-order valence-corrected chi connectivity index (χ2v) is 5.74. The maximum absolute atomic E-state index is 12.1. The standard InChI is InChI=1S/C17H21BrN2O2/c1-3-20(4-2)14(13-8-6-5-7-9-13)12-19-17(21)15-10-11-16(18)22-15/h5-11,14H,3-4,12H2,1-2H3,(H,19,21). The van der Waals surface area contributed by atoms with Crippen molar-refractivity contribution in [1.82, 2.24) is 10.2 Å². The Hall–Kier alpha value is -1.59. The van der Waals surface area contributed by atoms with Crippen molar-refractivity contribution in [3.63, 3.8) is 0 Å². The van der Waals surface area contributed by atoms with Gasteiger partial charge < -0.3 is 9.73 Å². The summed E-state index contributed by atoms with van der Waals surface area (Å²) < 4.78 is 5.84. The molecule has 0 saturated carbocycles. The lowest BCUT2D eigenvalue weighted by atomic mass is 10.1. The summed E-state index contributed by atoms with van der Waals surface area (Å²) in [5.41, 5.74) is 1.20. The molecule has 1 unspecified atom stereocenters. The van der Waals surface area contributed by atoms with E-state index in [1.54, 1.807) is 12.1 Å². The molecule has 4 nitrogen and oxygen atoms in total. The molecule has 2 aromatic rings. The Balaban J connectivity index is 2.08. The van der Waals surface area contributed by atoms with E-state index in [-0.39, 0.29) is 11.9 Å². The number of furan rings is 1. The topological polar surface area (TPSA) is 45.5 Å². The van der Waals surface area contributed by atoms with Gasteiger partial charge in [0.2, 0.25) is 0 Å². The lowest BCUT2D eigenvalue weighted by molar-refractivity contribution is 0.0906. The first-order chi connectivity index (χ1) is 10.7. The summed E-state index contributed by atoms with van der Waals surface area (Å²) in [6.07, 6.45) is 0. The summed E-state index contributed by atoms with van der Waals surface area (Å²) in [6, 6.07) is 13.8. The first-order valence-electron chi connectivity index (χ1n) is 7.48. The number of halogens is 1. The first kappa shape index (κ1) is 16.8. The minimum Gasteiger partial charge on any atom is -0.444 e. The van der Waals surface area contributed by atoms with Crippen LogP contribution < -0.4 is 5.32 Å². The molecule has 1 heterocycles. The minimum absolute atomic E-state index is 0.151. The zero-order valence-corrected chi connectivity index (χ0v) is 14.5. The quantitative estimate of drug-likeness (QED) is 0.811. The van der Waals surface area contributed by atoms with E-state index in [1.807, 2.05) is 18.2 Å². The molecule has 2 rings (SSSR count). The number of nitrogens with one attached hydrogen (secondary N) is 1. The van der Waals surface area contributed by atoms with E-state index in [0.29, 0.717) is 17.0 Å². The third-order valence-corrected chi connectivity index (χ3v) is 4.12. The van der Waals surface area contributed by atoms with Crippen molar-refractivity contribution in [2.24, 2.45) is 0 Å². The van der Waals surface area contributed by atoms with Gasteiger partial charge in [0.25, 0.3) is 5.91 Å². The Morgan fingerprint density at radius 2 is 1.86 bits per heavy atom. The third kappa shape index (κ3) is 4.21. The van der Waals surface area contributed by atoms with Crippen LogP contribution in [0, 0.1) is 0 Å². The molecule has 0 bridgehead atoms. The van der Waals surface area contributed by atoms with Crippen LogP contribution in [0.25, 0.3) is 0 Å². The van der Waals surface area contributed by atoms with E-state index in [9.17, 15) is 4.79 Å². The molecule has 1 atom stereocenters. The highest BCUT2D eigenvalue weighted by atomic mass is 79.9. The molecule has 0 saturated heterocycles. The van der Waals surface area contributed by atoms with Crippen LogP contribution in [0.15, 0.2) is 51.6 Å². The van der Waals surface area contributed by atoms with Crippen LogP contribution in [-0.4, -0.2) is 30.4 Å². The Labute approximate surface area is 139 Å². The number of hydrogen-bond donors (Lipinski definition) is 1. The van der Waals surface area contributed by atoms with Gasteiger partial charge in [-0.15, -0.1) is 0 Å². The van der Waals surface area contributed by atoms with Gasteiger partial charge >= 0.3 is 0 Å². The van der Waals surface area contributed by atoms with Gasteiger partial charge in [-0.3, -0.25) is 9.69 Å². The Morgan fingerprint density at radius 3 is 2.41 bits per heavy atom. The number of benzene rings is 1. The summed E-state index contributed by atoms with van der Waals surface area (Å²) >= 11 is 3.21. The van der Waals surface area contributed by atoms with Crippen LogP contribution in [0.3, 0.4) is 0 Å². The molecule has 118 valence electrons. The molecule has 0 aliphatic rings. The lowest BCUT2D eigenvalue weighted by Gasteiger charge is -2.30. The molecule has 5 heteroatoms. The highest BCUT2D eigenvalue weighted by Crippen LogP contribution is 2.20. The van der Waals surface area contributed by atoms with Gasteiger partial charge in [0, 0.05) is 6.54 Å². The van der Waals surface area contributed by atoms with E-state index in [0.717, 1.165) is 13.1 Å². The average Bonchev–Trinajstić information content (AvgIpc) is 2.98. The van der Waals surface area contributed by atoms with Gasteiger partial charge in [-0.2, -0.15) is 0 Å². The Kier molecular flexibility index (Phi) is 6.21. The Bertz CT molecular complexity index is 594. The fourth-order valence-electron chi connectivity index (χ4n) is 2.51. The normalized spacial score (nSPS) is 12.4. The van der Waals surface area contributed by atoms with Crippen LogP contribution in [0.1, 0.15) is 36.0 Å². The maximum atomic E-state index is 12.1. The van der Waals surface area contributed by atoms with Gasteiger partial charge in [-0.25, -0.2) is 0 Å². The summed E-state index contributed by atoms with van der Waals surface area (Å²) in [7, 11) is 0. The van der Waals surface area contributed by atoms with Gasteiger partial charge in [-0.1, -0.05) is 44.2 Å². The van der Waals surface area contributed by atoms with E-state index < -0.39 is 0 Å². The van der Waals surface area contributed by atoms with Crippen molar-refractivity contribution in [3.8, 4) is 0 Å². The van der Waals surface area contributed by atoms with Crippen molar-refractivity contribution in [2.75, 3.05) is 19.6 Å². The molecule has 0 aliphatic heterocycles. The fraction of sp³-hybridized carbons (Fsp3) is 0.353. The molecule has 0 radical (unpaired) electrons. The molecule has 0 spiro atoms. The third-order valence-electron chi connectivity index (χ3n) is 3.69. The van der Waals surface area contributed by atoms with Crippen LogP contribution in [-0.2, 0) is 0 Å². The number of carbonyl (C=O) groups excluding carboxylic acids is 1. The highest BCUT2D eigenvalue weighted by Gasteiger charge is 2.19. The summed E-state index contributed by atoms with van der Waals surface area (Å²) in [5.74, 6) is 0.122. The van der Waals surface area contributed by atoms with Crippen molar-refractivity contribution >= 4 is 21.8 Å². The molecule has 0 aliphatic carbocycles. The second-order valence-electron chi connectivity index (χ2n) is 4.96. The van der Waals surface area contributed by atoms with Crippen LogP contribution in [0.4, 0.5) is 0 Å². The molecular formula is C17H21BrN2O2. The van der Waals surface area contributed by atoms with E-state index in [1.165, 1.54) is 5.56 Å². The number of hydrogen-bond acceptors (Lipinski definition) is 3. The van der Waals surface area contributed by atoms with Crippen LogP contribution in [0.2, 0.25) is 0 Å². The molecule has 22 heavy (non-hydrogen) atoms. The summed E-state index contributed by atoms with van der Waals surface area (Å²) in [5, 5.41) is 2.96. The van der Waals surface area contributed by atoms with Gasteiger partial charge in [0.1, 0.15) is 0 Å². The zero-order chi connectivity index (χ0) is 15.9. The molecular weight excluding hydrogens is 344 g/mol. The molecule has 1 N–H and O–H groups in total. The monoisotopic (exact) mass is 364 g/mol. The van der Waals surface area contributed by atoms with Gasteiger partial charge in [0.05, 0.1) is 6.04 Å². The number of rotatable bonds is 7. The van der Waals surface area contributed by atoms with Crippen LogP contribution >= 0.6 is 15.9 Å². The van der Waals surface area contributed by atoms with Crippen molar-refractivity contribution in [1.29, 1.82) is 0 Å². The molecule has 1 aromatic carbocycles. The van der Waals surface area contributed by atoms with E-state index in [2.05, 4.69) is 52.1 Å². The van der Waals surface area contributed by atoms with Gasteiger partial charge in [0.15, 0.2) is 10.4 Å². The van der Waals surface area contributed by atoms with E-state index in [4.69, 9.17) is 4.42 Å². The lowest BCUT2D eigenvalue weighted by Crippen LogP contribution is -2.38. The largest absolute Gasteiger partial charge is 0.444 e. The van der Waals surface area contributed by atoms with Crippen molar-refractivity contribution in [3.05, 3.63) is 58.5 Å². The number of amides is 1. The van der Waals surface area contributed by atoms with Crippen molar-refractivity contribution in [2.45, 2.75) is 19.9 Å². The number of nitrogens with zero attached hydrogens (tertiary/aromatic N) is 1. The smallest absolute Gasteiger partial charge is 0.287 e. The fourth-order valence-corrected chi connectivity index (χ4v) is 2.82. The molecule has 0 fully saturated rings. The number of likely N-dealkylation sites (N-methyl/N-ethyl adjacent to an activating group) is 1. The zero-order valence-electron chi connectivity index (χ0n) is 12.9. The average molecular weight is 365 g/mol. The summed E-state index contributed by atoms with van der Waals surface area (Å²) in [6.45, 7) is 6.66. The van der Waals surface area contributed by atoms with E-state index >= 15 is 0 Å². The second kappa shape index (κ2) is 8.15. The maximum Gasteiger partial charge on any atom is 0.287 e. The Morgan fingerprint density at radius 1 is 1.18 bits per heavy atom. The summed E-state index contributed by atoms with van der Waals surface area (Å²) in [4.78, 5) is 14.5. The predicted octanol–water partition coefficient (Wildman–Crippen LogP) is 3.86. The molecule has 1 aromatic heterocycles.